The van der Waals surface area contributed by atoms with Crippen LogP contribution in [-0.2, 0) is 0 Å². The van der Waals surface area contributed by atoms with Crippen molar-refractivity contribution in [2.75, 3.05) is 0 Å². The summed E-state index contributed by atoms with van der Waals surface area (Å²) in [6.45, 7) is 12.8. The quantitative estimate of drug-likeness (QED) is 0.520. The van der Waals surface area contributed by atoms with E-state index in [0.717, 1.165) is 29.9 Å². The normalized spacial score (nSPS) is 38.8. The van der Waals surface area contributed by atoms with Gasteiger partial charge in [0.15, 0.2) is 0 Å². The van der Waals surface area contributed by atoms with Crippen molar-refractivity contribution >= 4 is 0 Å². The second-order valence-corrected chi connectivity index (χ2v) is 11.3. The second kappa shape index (κ2) is 9.30. The highest BCUT2D eigenvalue weighted by Crippen LogP contribution is 2.60. The summed E-state index contributed by atoms with van der Waals surface area (Å²) >= 11 is 0. The summed E-state index contributed by atoms with van der Waals surface area (Å²) < 4.78 is 0. The maximum Gasteiger partial charge on any atom is 0.0811 e. The number of hydrogen-bond acceptors (Lipinski definition) is 3. The van der Waals surface area contributed by atoms with E-state index in [2.05, 4.69) is 32.6 Å². The Hall–Kier alpha value is -0.900. The molecule has 0 radical (unpaired) electrons. The molecular weight excluding hydrogens is 372 g/mol. The van der Waals surface area contributed by atoms with Gasteiger partial charge >= 0.3 is 0 Å². The Morgan fingerprint density at radius 2 is 1.97 bits per heavy atom. The zero-order chi connectivity index (χ0) is 22.1. The van der Waals surface area contributed by atoms with Gasteiger partial charge in [0.25, 0.3) is 0 Å². The zero-order valence-electron chi connectivity index (χ0n) is 19.7. The molecule has 0 bridgehead atoms. The molecule has 2 unspecified atom stereocenters. The van der Waals surface area contributed by atoms with Gasteiger partial charge in [0.1, 0.15) is 0 Å². The number of aliphatic hydroxyl groups excluding tert-OH is 2. The van der Waals surface area contributed by atoms with E-state index >= 15 is 0 Å². The topological polar surface area (TPSA) is 60.7 Å². The lowest BCUT2D eigenvalue weighted by atomic mass is 9.60. The fraction of sp³-hybridized carbons (Fsp3) is 0.778. The molecule has 3 aliphatic carbocycles. The van der Waals surface area contributed by atoms with E-state index in [0.29, 0.717) is 30.1 Å². The highest BCUT2D eigenvalue weighted by molar-refractivity contribution is 5.38. The van der Waals surface area contributed by atoms with Gasteiger partial charge in [-0.25, -0.2) is 0 Å². The van der Waals surface area contributed by atoms with E-state index in [4.69, 9.17) is 0 Å². The van der Waals surface area contributed by atoms with Gasteiger partial charge in [0, 0.05) is 6.42 Å². The van der Waals surface area contributed by atoms with Crippen LogP contribution in [0.15, 0.2) is 35.5 Å². The molecule has 0 aromatic heterocycles. The van der Waals surface area contributed by atoms with Crippen molar-refractivity contribution < 1.29 is 15.3 Å². The van der Waals surface area contributed by atoms with Crippen LogP contribution in [0.5, 0.6) is 0 Å². The van der Waals surface area contributed by atoms with Gasteiger partial charge in [-0.15, -0.1) is 0 Å². The second-order valence-electron chi connectivity index (χ2n) is 11.3. The molecule has 0 aromatic carbocycles. The Labute approximate surface area is 184 Å². The molecule has 0 saturated heterocycles. The van der Waals surface area contributed by atoms with Gasteiger partial charge < -0.3 is 15.3 Å². The van der Waals surface area contributed by atoms with Crippen molar-refractivity contribution in [3.8, 4) is 0 Å². The highest BCUT2D eigenvalue weighted by Gasteiger charge is 2.50. The minimum atomic E-state index is -0.615. The molecule has 0 aromatic rings. The minimum absolute atomic E-state index is 0.374. The average molecular weight is 417 g/mol. The summed E-state index contributed by atoms with van der Waals surface area (Å²) in [6.07, 6.45) is 13.9. The predicted molar refractivity (Wildman–Crippen MR) is 124 cm³/mol. The number of rotatable bonds is 6. The standard InChI is InChI=1S/C27H44O3/c1-18(8-6-14-26(3,4)30)23-12-13-24-20(9-7-15-27(23,24)5)10-11-21-16-22(28)17-25(29)19(21)2/h10-11,18,22-25,28-30H,2,6-9,12-17H2,1,3-5H3/b20-10+,21-11-/t18-,22-,23?,24?,25+,27-/m1/s1. The molecule has 3 fully saturated rings. The molecular formula is C27H44O3. The third kappa shape index (κ3) is 5.29. The molecule has 0 amide bonds. The molecule has 3 nitrogen and oxygen atoms in total. The third-order valence-corrected chi connectivity index (χ3v) is 8.44. The Bertz CT molecular complexity index is 683. The van der Waals surface area contributed by atoms with Crippen molar-refractivity contribution in [3.63, 3.8) is 0 Å². The molecule has 3 rings (SSSR count). The predicted octanol–water partition coefficient (Wildman–Crippen LogP) is 5.70. The summed E-state index contributed by atoms with van der Waals surface area (Å²) in [6, 6.07) is 0. The SMILES string of the molecule is C=C1/C(=C\C=C2/CCC[C@@]3(C)C2CCC3[C@H](C)CCCC(C)(C)O)C[C@@H](O)C[C@@H]1O. The minimum Gasteiger partial charge on any atom is -0.393 e. The summed E-state index contributed by atoms with van der Waals surface area (Å²) in [5, 5.41) is 30.2. The van der Waals surface area contributed by atoms with Gasteiger partial charge in [0.2, 0.25) is 0 Å². The van der Waals surface area contributed by atoms with Crippen molar-refractivity contribution in [3.05, 3.63) is 35.5 Å². The zero-order valence-corrected chi connectivity index (χ0v) is 19.7. The van der Waals surface area contributed by atoms with Crippen molar-refractivity contribution in [2.45, 2.75) is 110 Å². The fourth-order valence-electron chi connectivity index (χ4n) is 6.74. The summed E-state index contributed by atoms with van der Waals surface area (Å²) in [4.78, 5) is 0. The lowest BCUT2D eigenvalue weighted by Crippen LogP contribution is -2.36. The smallest absolute Gasteiger partial charge is 0.0811 e. The number of hydrogen-bond donors (Lipinski definition) is 3. The first-order valence-electron chi connectivity index (χ1n) is 12.2. The Morgan fingerprint density at radius 3 is 2.67 bits per heavy atom. The Kier molecular flexibility index (Phi) is 7.37. The molecule has 3 N–H and O–H groups in total. The summed E-state index contributed by atoms with van der Waals surface area (Å²) in [5.41, 5.74) is 3.17. The van der Waals surface area contributed by atoms with Crippen LogP contribution in [0.1, 0.15) is 91.9 Å². The Balaban J connectivity index is 1.70. The first-order valence-corrected chi connectivity index (χ1v) is 12.2. The van der Waals surface area contributed by atoms with E-state index in [1.165, 1.54) is 38.5 Å². The van der Waals surface area contributed by atoms with Crippen LogP contribution in [0.25, 0.3) is 0 Å². The van der Waals surface area contributed by atoms with Crippen LogP contribution < -0.4 is 0 Å². The van der Waals surface area contributed by atoms with Crippen LogP contribution >= 0.6 is 0 Å². The highest BCUT2D eigenvalue weighted by atomic mass is 16.3. The first-order chi connectivity index (χ1) is 14.0. The van der Waals surface area contributed by atoms with E-state index < -0.39 is 17.8 Å². The van der Waals surface area contributed by atoms with E-state index in [9.17, 15) is 15.3 Å². The van der Waals surface area contributed by atoms with E-state index in [-0.39, 0.29) is 0 Å². The number of allylic oxidation sites excluding steroid dienone is 3. The first kappa shape index (κ1) is 23.8. The van der Waals surface area contributed by atoms with Crippen LogP contribution in [0.4, 0.5) is 0 Å². The summed E-state index contributed by atoms with van der Waals surface area (Å²) in [5.74, 6) is 2.11. The monoisotopic (exact) mass is 416 g/mol. The van der Waals surface area contributed by atoms with Gasteiger partial charge in [-0.1, -0.05) is 51.0 Å². The molecule has 0 spiro atoms. The lowest BCUT2D eigenvalue weighted by Gasteiger charge is -2.44. The fourth-order valence-corrected chi connectivity index (χ4v) is 6.74. The maximum absolute atomic E-state index is 10.1. The van der Waals surface area contributed by atoms with Crippen molar-refractivity contribution in [1.29, 1.82) is 0 Å². The lowest BCUT2D eigenvalue weighted by molar-refractivity contribution is 0.0596. The summed E-state index contributed by atoms with van der Waals surface area (Å²) in [7, 11) is 0. The van der Waals surface area contributed by atoms with Crippen LogP contribution in [0, 0.1) is 23.2 Å². The van der Waals surface area contributed by atoms with Crippen LogP contribution in [0.2, 0.25) is 0 Å². The van der Waals surface area contributed by atoms with Gasteiger partial charge in [-0.05, 0) is 93.1 Å². The molecule has 3 saturated carbocycles. The molecule has 3 heteroatoms. The van der Waals surface area contributed by atoms with E-state index in [1.807, 2.05) is 13.8 Å². The van der Waals surface area contributed by atoms with Crippen LogP contribution in [0.3, 0.4) is 0 Å². The van der Waals surface area contributed by atoms with Gasteiger partial charge in [0.05, 0.1) is 17.8 Å². The number of fused-ring (bicyclic) bond motifs is 1. The third-order valence-electron chi connectivity index (χ3n) is 8.44. The molecule has 170 valence electrons. The molecule has 30 heavy (non-hydrogen) atoms. The average Bonchev–Trinajstić information content (AvgIpc) is 3.00. The van der Waals surface area contributed by atoms with Crippen LogP contribution in [-0.4, -0.2) is 33.1 Å². The van der Waals surface area contributed by atoms with Gasteiger partial charge in [-0.3, -0.25) is 0 Å². The largest absolute Gasteiger partial charge is 0.393 e. The molecule has 3 aliphatic rings. The molecule has 0 aliphatic heterocycles. The van der Waals surface area contributed by atoms with E-state index in [1.54, 1.807) is 5.57 Å². The van der Waals surface area contributed by atoms with Crippen molar-refractivity contribution in [1.82, 2.24) is 0 Å². The van der Waals surface area contributed by atoms with Crippen molar-refractivity contribution in [2.24, 2.45) is 23.2 Å². The molecule has 6 atom stereocenters. The van der Waals surface area contributed by atoms with Gasteiger partial charge in [-0.2, -0.15) is 0 Å². The molecule has 0 heterocycles. The Morgan fingerprint density at radius 1 is 1.23 bits per heavy atom. The maximum atomic E-state index is 10.1. The number of aliphatic hydroxyl groups is 3.